The minimum atomic E-state index is -0.329. The van der Waals surface area contributed by atoms with Gasteiger partial charge in [-0.25, -0.2) is 4.39 Å². The van der Waals surface area contributed by atoms with E-state index in [2.05, 4.69) is 15.2 Å². The van der Waals surface area contributed by atoms with Gasteiger partial charge in [-0.3, -0.25) is 9.79 Å². The third kappa shape index (κ3) is 7.15. The number of rotatable bonds is 5. The number of piperidine rings is 1. The molecule has 23 heavy (non-hydrogen) atoms. The highest BCUT2D eigenvalue weighted by atomic mass is 127. The molecule has 1 aromatic carbocycles. The van der Waals surface area contributed by atoms with Crippen molar-refractivity contribution in [2.24, 2.45) is 10.7 Å². The molecule has 1 aliphatic rings. The Morgan fingerprint density at radius 3 is 2.74 bits per heavy atom. The van der Waals surface area contributed by atoms with E-state index in [9.17, 15) is 9.18 Å². The monoisotopic (exact) mass is 434 g/mol. The summed E-state index contributed by atoms with van der Waals surface area (Å²) in [7, 11) is 0. The first kappa shape index (κ1) is 19.7. The van der Waals surface area contributed by atoms with Crippen LogP contribution in [0.3, 0.4) is 0 Å². The molecule has 128 valence electrons. The van der Waals surface area contributed by atoms with Gasteiger partial charge in [-0.15, -0.1) is 24.0 Å². The fourth-order valence-corrected chi connectivity index (χ4v) is 2.48. The van der Waals surface area contributed by atoms with Crippen LogP contribution in [0.15, 0.2) is 29.3 Å². The highest BCUT2D eigenvalue weighted by Gasteiger charge is 2.11. The summed E-state index contributed by atoms with van der Waals surface area (Å²) in [5.74, 6) is 0.0839. The van der Waals surface area contributed by atoms with E-state index < -0.39 is 0 Å². The van der Waals surface area contributed by atoms with Gasteiger partial charge in [0, 0.05) is 19.6 Å². The van der Waals surface area contributed by atoms with Gasteiger partial charge in [-0.05, 0) is 37.0 Å². The number of benzene rings is 1. The number of aliphatic imine (C=N–C) groups is 1. The lowest BCUT2D eigenvalue weighted by Gasteiger charge is -2.27. The van der Waals surface area contributed by atoms with Crippen LogP contribution < -0.4 is 11.1 Å². The Hall–Kier alpha value is -1.38. The van der Waals surface area contributed by atoms with Crippen LogP contribution in [0.4, 0.5) is 4.39 Å². The number of likely N-dealkylation sites (tertiary alicyclic amines) is 1. The number of hydrogen-bond acceptors (Lipinski definition) is 2. The van der Waals surface area contributed by atoms with Gasteiger partial charge < -0.3 is 16.0 Å². The van der Waals surface area contributed by atoms with Gasteiger partial charge in [0.25, 0.3) is 0 Å². The minimum Gasteiger partial charge on any atom is -0.370 e. The fraction of sp³-hybridized carbons (Fsp3) is 0.500. The Morgan fingerprint density at radius 2 is 2.04 bits per heavy atom. The minimum absolute atomic E-state index is 0. The molecule has 0 aromatic heterocycles. The highest BCUT2D eigenvalue weighted by molar-refractivity contribution is 14.0. The second-order valence-corrected chi connectivity index (χ2v) is 5.44. The van der Waals surface area contributed by atoms with Crippen LogP contribution >= 0.6 is 24.0 Å². The van der Waals surface area contributed by atoms with E-state index in [0.717, 1.165) is 25.9 Å². The maximum Gasteiger partial charge on any atom is 0.224 e. The molecule has 1 heterocycles. The molecule has 7 heteroatoms. The fourth-order valence-electron chi connectivity index (χ4n) is 2.48. The van der Waals surface area contributed by atoms with Crippen molar-refractivity contribution in [1.29, 1.82) is 0 Å². The second-order valence-electron chi connectivity index (χ2n) is 5.44. The zero-order valence-corrected chi connectivity index (χ0v) is 15.5. The van der Waals surface area contributed by atoms with Crippen molar-refractivity contribution in [3.8, 4) is 0 Å². The van der Waals surface area contributed by atoms with Crippen molar-refractivity contribution in [3.05, 3.63) is 35.6 Å². The molecule has 1 aliphatic heterocycles. The van der Waals surface area contributed by atoms with Crippen molar-refractivity contribution in [3.63, 3.8) is 0 Å². The van der Waals surface area contributed by atoms with Crippen molar-refractivity contribution in [2.75, 3.05) is 26.2 Å². The number of halogens is 2. The maximum absolute atomic E-state index is 13.0. The molecule has 1 fully saturated rings. The van der Waals surface area contributed by atoms with Crippen molar-refractivity contribution in [1.82, 2.24) is 10.2 Å². The number of hydrogen-bond donors (Lipinski definition) is 2. The molecular formula is C16H24FIN4O. The van der Waals surface area contributed by atoms with Crippen LogP contribution in [0, 0.1) is 5.82 Å². The van der Waals surface area contributed by atoms with E-state index in [1.807, 2.05) is 0 Å². The van der Waals surface area contributed by atoms with Gasteiger partial charge in [0.05, 0.1) is 13.0 Å². The van der Waals surface area contributed by atoms with Crippen LogP contribution in [0.1, 0.15) is 24.8 Å². The summed E-state index contributed by atoms with van der Waals surface area (Å²) in [6.07, 6.45) is 3.73. The van der Waals surface area contributed by atoms with Gasteiger partial charge in [-0.1, -0.05) is 12.1 Å². The van der Waals surface area contributed by atoms with Crippen molar-refractivity contribution in [2.45, 2.75) is 25.7 Å². The molecule has 1 saturated heterocycles. The molecule has 0 radical (unpaired) electrons. The van der Waals surface area contributed by atoms with Crippen LogP contribution in [-0.4, -0.2) is 42.9 Å². The van der Waals surface area contributed by atoms with E-state index in [4.69, 9.17) is 5.73 Å². The Bertz CT molecular complexity index is 533. The lowest BCUT2D eigenvalue weighted by atomic mass is 10.1. The molecular weight excluding hydrogens is 410 g/mol. The van der Waals surface area contributed by atoms with Crippen molar-refractivity contribution < 1.29 is 9.18 Å². The topological polar surface area (TPSA) is 70.7 Å². The Labute approximate surface area is 153 Å². The first-order valence-corrected chi connectivity index (χ1v) is 7.71. The average molecular weight is 434 g/mol. The third-order valence-electron chi connectivity index (χ3n) is 3.64. The van der Waals surface area contributed by atoms with E-state index in [-0.39, 0.29) is 42.1 Å². The number of amides is 1. The normalized spacial score (nSPS) is 15.0. The first-order chi connectivity index (χ1) is 10.6. The van der Waals surface area contributed by atoms with Gasteiger partial charge in [0.1, 0.15) is 5.82 Å². The van der Waals surface area contributed by atoms with Crippen LogP contribution in [0.2, 0.25) is 0 Å². The smallest absolute Gasteiger partial charge is 0.224 e. The quantitative estimate of drug-likeness (QED) is 0.322. The van der Waals surface area contributed by atoms with Crippen molar-refractivity contribution >= 4 is 35.8 Å². The summed E-state index contributed by atoms with van der Waals surface area (Å²) in [6, 6.07) is 6.06. The van der Waals surface area contributed by atoms with Gasteiger partial charge in [0.15, 0.2) is 5.96 Å². The second kappa shape index (κ2) is 10.4. The number of guanidine groups is 1. The summed E-state index contributed by atoms with van der Waals surface area (Å²) < 4.78 is 13.0. The number of nitrogens with two attached hydrogens (primary N) is 1. The van der Waals surface area contributed by atoms with Gasteiger partial charge in [0.2, 0.25) is 5.91 Å². The van der Waals surface area contributed by atoms with Gasteiger partial charge >= 0.3 is 0 Å². The number of carbonyl (C=O) groups excluding carboxylic acids is 1. The summed E-state index contributed by atoms with van der Waals surface area (Å²) in [6.45, 7) is 2.81. The molecule has 0 atom stereocenters. The molecule has 1 amide bonds. The Kier molecular flexibility index (Phi) is 8.90. The van der Waals surface area contributed by atoms with E-state index in [1.54, 1.807) is 12.1 Å². The number of nitrogens with zero attached hydrogens (tertiary/aromatic N) is 2. The van der Waals surface area contributed by atoms with Crippen LogP contribution in [0.25, 0.3) is 0 Å². The largest absolute Gasteiger partial charge is 0.370 e. The molecule has 3 N–H and O–H groups in total. The molecule has 0 saturated carbocycles. The average Bonchev–Trinajstić information content (AvgIpc) is 2.52. The molecule has 0 aliphatic carbocycles. The predicted octanol–water partition coefficient (Wildman–Crippen LogP) is 1.90. The zero-order chi connectivity index (χ0) is 15.8. The highest BCUT2D eigenvalue weighted by Crippen LogP contribution is 2.07. The zero-order valence-electron chi connectivity index (χ0n) is 13.1. The predicted molar refractivity (Wildman–Crippen MR) is 100 cm³/mol. The third-order valence-corrected chi connectivity index (χ3v) is 3.64. The number of nitrogens with one attached hydrogen (secondary N) is 1. The maximum atomic E-state index is 13.0. The molecule has 0 bridgehead atoms. The van der Waals surface area contributed by atoms with E-state index in [0.29, 0.717) is 24.6 Å². The molecule has 0 spiro atoms. The standard InChI is InChI=1S/C16H23FN4O.HI/c17-14-6-4-5-13(11-14)12-15(22)19-7-8-20-16(18)21-9-2-1-3-10-21;/h4-6,11H,1-3,7-10,12H2,(H2,18,20)(H,19,22);1H. The molecule has 0 unspecified atom stereocenters. The van der Waals surface area contributed by atoms with E-state index in [1.165, 1.54) is 18.6 Å². The molecule has 1 aromatic rings. The van der Waals surface area contributed by atoms with E-state index >= 15 is 0 Å². The van der Waals surface area contributed by atoms with Crippen LogP contribution in [-0.2, 0) is 11.2 Å². The van der Waals surface area contributed by atoms with Gasteiger partial charge in [-0.2, -0.15) is 0 Å². The Morgan fingerprint density at radius 1 is 1.30 bits per heavy atom. The first-order valence-electron chi connectivity index (χ1n) is 7.71. The summed E-state index contributed by atoms with van der Waals surface area (Å²) in [5.41, 5.74) is 6.59. The lowest BCUT2D eigenvalue weighted by molar-refractivity contribution is -0.120. The summed E-state index contributed by atoms with van der Waals surface area (Å²) >= 11 is 0. The lowest BCUT2D eigenvalue weighted by Crippen LogP contribution is -2.41. The molecule has 5 nitrogen and oxygen atoms in total. The Balaban J connectivity index is 0.00000264. The molecule has 2 rings (SSSR count). The van der Waals surface area contributed by atoms with Crippen LogP contribution in [0.5, 0.6) is 0 Å². The summed E-state index contributed by atoms with van der Waals surface area (Å²) in [4.78, 5) is 18.1. The number of carbonyl (C=O) groups is 1. The summed E-state index contributed by atoms with van der Waals surface area (Å²) in [5, 5.41) is 2.77. The SMILES string of the molecule is I.NC(=NCCNC(=O)Cc1cccc(F)c1)N1CCCCC1.